The predicted molar refractivity (Wildman–Crippen MR) is 101 cm³/mol. The molecule has 0 spiro atoms. The van der Waals surface area contributed by atoms with Crippen LogP contribution >= 0.6 is 15.9 Å². The van der Waals surface area contributed by atoms with E-state index in [2.05, 4.69) is 31.2 Å². The lowest BCUT2D eigenvalue weighted by Gasteiger charge is -2.18. The number of para-hydroxylation sites is 1. The van der Waals surface area contributed by atoms with Crippen LogP contribution in [0.25, 0.3) is 11.0 Å². The number of nitrogens with one attached hydrogen (secondary N) is 2. The molecule has 0 aliphatic heterocycles. The fourth-order valence-corrected chi connectivity index (χ4v) is 3.23. The molecule has 0 saturated carbocycles. The molecule has 0 aliphatic rings. The van der Waals surface area contributed by atoms with E-state index in [1.165, 1.54) is 6.07 Å². The number of aromatic nitrogens is 2. The first-order valence-electron chi connectivity index (χ1n) is 8.21. The SMILES string of the molecule is C[C@H](NC(=O)[C@@H](C)c1nc2c(Br)cccc2[nH]c1=O)c1ccc(F)cc1F. The third-order valence-electron chi connectivity index (χ3n) is 4.29. The Morgan fingerprint density at radius 2 is 1.96 bits per heavy atom. The van der Waals surface area contributed by atoms with E-state index in [4.69, 9.17) is 0 Å². The Labute approximate surface area is 162 Å². The predicted octanol–water partition coefficient (Wildman–Crippen LogP) is 3.94. The van der Waals surface area contributed by atoms with Crippen molar-refractivity contribution < 1.29 is 13.6 Å². The van der Waals surface area contributed by atoms with Crippen LogP contribution in [0.4, 0.5) is 8.78 Å². The molecule has 3 rings (SSSR count). The van der Waals surface area contributed by atoms with Crippen molar-refractivity contribution in [3.63, 3.8) is 0 Å². The second-order valence-corrected chi connectivity index (χ2v) is 7.06. The van der Waals surface area contributed by atoms with Gasteiger partial charge in [-0.25, -0.2) is 13.8 Å². The normalized spacial score (nSPS) is 13.4. The van der Waals surface area contributed by atoms with Gasteiger partial charge in [0.05, 0.1) is 17.5 Å². The van der Waals surface area contributed by atoms with E-state index < -0.39 is 35.1 Å². The summed E-state index contributed by atoms with van der Waals surface area (Å²) in [4.78, 5) is 31.9. The van der Waals surface area contributed by atoms with Gasteiger partial charge in [-0.1, -0.05) is 12.1 Å². The van der Waals surface area contributed by atoms with Crippen LogP contribution in [0.1, 0.15) is 37.1 Å². The minimum Gasteiger partial charge on any atom is -0.349 e. The molecule has 2 atom stereocenters. The molecule has 1 aromatic heterocycles. The zero-order chi connectivity index (χ0) is 19.7. The quantitative estimate of drug-likeness (QED) is 0.651. The first-order chi connectivity index (χ1) is 12.8. The number of hydrogen-bond donors (Lipinski definition) is 2. The monoisotopic (exact) mass is 435 g/mol. The van der Waals surface area contributed by atoms with Gasteiger partial charge in [0.1, 0.15) is 22.8 Å². The molecule has 1 heterocycles. The van der Waals surface area contributed by atoms with Crippen LogP contribution in [0.2, 0.25) is 0 Å². The number of benzene rings is 2. The lowest BCUT2D eigenvalue weighted by Crippen LogP contribution is -2.34. The highest BCUT2D eigenvalue weighted by Gasteiger charge is 2.23. The van der Waals surface area contributed by atoms with Crippen LogP contribution in [0.15, 0.2) is 45.7 Å². The Kier molecular flexibility index (Phi) is 5.36. The van der Waals surface area contributed by atoms with Crippen molar-refractivity contribution in [2.75, 3.05) is 0 Å². The van der Waals surface area contributed by atoms with E-state index in [0.29, 0.717) is 15.5 Å². The average molecular weight is 436 g/mol. The minimum atomic E-state index is -0.865. The maximum Gasteiger partial charge on any atom is 0.270 e. The third-order valence-corrected chi connectivity index (χ3v) is 4.93. The molecule has 0 saturated heterocycles. The van der Waals surface area contributed by atoms with Crippen LogP contribution in [0.3, 0.4) is 0 Å². The number of amides is 1. The molecule has 1 amide bonds. The summed E-state index contributed by atoms with van der Waals surface area (Å²) >= 11 is 3.37. The number of aromatic amines is 1. The van der Waals surface area contributed by atoms with Crippen LogP contribution in [0.5, 0.6) is 0 Å². The molecule has 0 radical (unpaired) electrons. The number of carbonyl (C=O) groups excluding carboxylic acids is 1. The zero-order valence-electron chi connectivity index (χ0n) is 14.5. The molecule has 3 aromatic rings. The highest BCUT2D eigenvalue weighted by Crippen LogP contribution is 2.22. The maximum absolute atomic E-state index is 13.9. The number of nitrogens with zero attached hydrogens (tertiary/aromatic N) is 1. The van der Waals surface area contributed by atoms with Crippen molar-refractivity contribution in [2.45, 2.75) is 25.8 Å². The summed E-state index contributed by atoms with van der Waals surface area (Å²) in [5.41, 5.74) is 0.819. The summed E-state index contributed by atoms with van der Waals surface area (Å²) in [7, 11) is 0. The van der Waals surface area contributed by atoms with Gasteiger partial charge < -0.3 is 10.3 Å². The van der Waals surface area contributed by atoms with E-state index in [-0.39, 0.29) is 11.3 Å². The summed E-state index contributed by atoms with van der Waals surface area (Å²) in [6.07, 6.45) is 0. The molecule has 5 nitrogen and oxygen atoms in total. The first kappa shape index (κ1) is 19.2. The Balaban J connectivity index is 1.87. The van der Waals surface area contributed by atoms with Crippen molar-refractivity contribution in [1.82, 2.24) is 15.3 Å². The highest BCUT2D eigenvalue weighted by atomic mass is 79.9. The molecule has 8 heteroatoms. The first-order valence-corrected chi connectivity index (χ1v) is 9.01. The Bertz CT molecular complexity index is 1080. The highest BCUT2D eigenvalue weighted by molar-refractivity contribution is 9.10. The molecule has 27 heavy (non-hydrogen) atoms. The summed E-state index contributed by atoms with van der Waals surface area (Å²) < 4.78 is 27.6. The van der Waals surface area contributed by atoms with Gasteiger partial charge in [-0.3, -0.25) is 9.59 Å². The van der Waals surface area contributed by atoms with E-state index in [0.717, 1.165) is 12.1 Å². The number of halogens is 3. The standard InChI is InChI=1S/C19H16BrF2N3O2/c1-9(16-19(27)24-15-5-3-4-13(20)17(15)25-16)18(26)23-10(2)12-7-6-11(21)8-14(12)22/h3-10H,1-2H3,(H,23,26)(H,24,27)/t9-,10-/m0/s1. The topological polar surface area (TPSA) is 74.8 Å². The molecule has 2 aromatic carbocycles. The van der Waals surface area contributed by atoms with Gasteiger partial charge in [-0.15, -0.1) is 0 Å². The summed E-state index contributed by atoms with van der Waals surface area (Å²) in [6, 6.07) is 7.71. The van der Waals surface area contributed by atoms with Gasteiger partial charge in [0, 0.05) is 16.1 Å². The summed E-state index contributed by atoms with van der Waals surface area (Å²) in [6.45, 7) is 3.12. The van der Waals surface area contributed by atoms with E-state index in [1.807, 2.05) is 0 Å². The Morgan fingerprint density at radius 1 is 1.22 bits per heavy atom. The molecular weight excluding hydrogens is 420 g/mol. The van der Waals surface area contributed by atoms with Crippen molar-refractivity contribution in [3.05, 3.63) is 74.1 Å². The van der Waals surface area contributed by atoms with Gasteiger partial charge in [-0.2, -0.15) is 0 Å². The fraction of sp³-hybridized carbons (Fsp3) is 0.211. The van der Waals surface area contributed by atoms with Crippen LogP contribution in [0, 0.1) is 11.6 Å². The Hall–Kier alpha value is -2.61. The van der Waals surface area contributed by atoms with Crippen LogP contribution in [-0.2, 0) is 4.79 Å². The fourth-order valence-electron chi connectivity index (χ4n) is 2.77. The summed E-state index contributed by atoms with van der Waals surface area (Å²) in [5.74, 6) is -2.80. The number of fused-ring (bicyclic) bond motifs is 1. The van der Waals surface area contributed by atoms with Crippen molar-refractivity contribution in [3.8, 4) is 0 Å². The van der Waals surface area contributed by atoms with E-state index in [1.54, 1.807) is 32.0 Å². The Morgan fingerprint density at radius 3 is 2.67 bits per heavy atom. The van der Waals surface area contributed by atoms with Crippen molar-refractivity contribution >= 4 is 32.9 Å². The molecule has 0 aliphatic carbocycles. The molecule has 2 N–H and O–H groups in total. The maximum atomic E-state index is 13.9. The van der Waals surface area contributed by atoms with E-state index in [9.17, 15) is 18.4 Å². The smallest absolute Gasteiger partial charge is 0.270 e. The van der Waals surface area contributed by atoms with Crippen LogP contribution < -0.4 is 10.9 Å². The molecule has 140 valence electrons. The average Bonchev–Trinajstić information content (AvgIpc) is 2.60. The number of carbonyl (C=O) groups is 1. The van der Waals surface area contributed by atoms with Gasteiger partial charge in [0.15, 0.2) is 0 Å². The van der Waals surface area contributed by atoms with Crippen LogP contribution in [-0.4, -0.2) is 15.9 Å². The number of H-pyrrole nitrogens is 1. The molecular formula is C19H16BrF2N3O2. The second kappa shape index (κ2) is 7.56. The van der Waals surface area contributed by atoms with Gasteiger partial charge in [-0.05, 0) is 48.0 Å². The number of rotatable bonds is 4. The number of hydrogen-bond acceptors (Lipinski definition) is 3. The second-order valence-electron chi connectivity index (χ2n) is 6.20. The van der Waals surface area contributed by atoms with Gasteiger partial charge in [0.25, 0.3) is 5.56 Å². The molecule has 0 unspecified atom stereocenters. The van der Waals surface area contributed by atoms with E-state index >= 15 is 0 Å². The minimum absolute atomic E-state index is 0.0543. The van der Waals surface area contributed by atoms with Crippen molar-refractivity contribution in [2.24, 2.45) is 0 Å². The molecule has 0 bridgehead atoms. The third kappa shape index (κ3) is 3.90. The lowest BCUT2D eigenvalue weighted by atomic mass is 10.0. The largest absolute Gasteiger partial charge is 0.349 e. The lowest BCUT2D eigenvalue weighted by molar-refractivity contribution is -0.122. The summed E-state index contributed by atoms with van der Waals surface area (Å²) in [5, 5.41) is 2.64. The van der Waals surface area contributed by atoms with Crippen molar-refractivity contribution in [1.29, 1.82) is 0 Å². The molecule has 0 fully saturated rings. The van der Waals surface area contributed by atoms with Gasteiger partial charge in [0.2, 0.25) is 5.91 Å². The zero-order valence-corrected chi connectivity index (χ0v) is 16.1. The van der Waals surface area contributed by atoms with Gasteiger partial charge >= 0.3 is 0 Å².